The summed E-state index contributed by atoms with van der Waals surface area (Å²) in [6.07, 6.45) is 16.0. The molecule has 0 amide bonds. The van der Waals surface area contributed by atoms with Gasteiger partial charge in [-0.05, 0) is 50.4 Å². The van der Waals surface area contributed by atoms with E-state index in [-0.39, 0.29) is 0 Å². The second-order valence-electron chi connectivity index (χ2n) is 6.56. The fraction of sp³-hybridized carbons (Fsp3) is 0.800. The van der Waals surface area contributed by atoms with E-state index >= 15 is 0 Å². The lowest BCUT2D eigenvalue weighted by Crippen LogP contribution is -2.43. The molecule has 5 atom stereocenters. The Hall–Kier alpha value is -0.830. The fourth-order valence-electron chi connectivity index (χ4n) is 4.68. The third-order valence-electron chi connectivity index (χ3n) is 5.55. The molecule has 1 aromatic heterocycles. The van der Waals surface area contributed by atoms with Gasteiger partial charge in [-0.1, -0.05) is 6.42 Å². The highest BCUT2D eigenvalue weighted by Gasteiger charge is 2.41. The molecule has 5 unspecified atom stereocenters. The van der Waals surface area contributed by atoms with Crippen molar-refractivity contribution in [2.45, 2.75) is 63.1 Å². The average molecular weight is 245 g/mol. The van der Waals surface area contributed by atoms with Crippen LogP contribution in [0.15, 0.2) is 18.7 Å². The van der Waals surface area contributed by atoms with Crippen molar-refractivity contribution in [2.75, 3.05) is 0 Å². The van der Waals surface area contributed by atoms with E-state index in [9.17, 15) is 0 Å². The normalized spacial score (nSPS) is 42.8. The Morgan fingerprint density at radius 2 is 2.06 bits per heavy atom. The summed E-state index contributed by atoms with van der Waals surface area (Å²) in [7, 11) is 0. The second kappa shape index (κ2) is 4.37. The fourth-order valence-corrected chi connectivity index (χ4v) is 4.68. The van der Waals surface area contributed by atoms with Gasteiger partial charge in [-0.25, -0.2) is 4.98 Å². The molecular weight excluding hydrogens is 222 g/mol. The SMILES string of the molecule is c1cn(C2CCCC2NC2CC3CCC2C3)cn1. The van der Waals surface area contributed by atoms with Crippen molar-refractivity contribution in [3.63, 3.8) is 0 Å². The van der Waals surface area contributed by atoms with Gasteiger partial charge in [-0.3, -0.25) is 0 Å². The molecule has 0 aliphatic heterocycles. The van der Waals surface area contributed by atoms with Crippen LogP contribution in [0.25, 0.3) is 0 Å². The highest BCUT2D eigenvalue weighted by atomic mass is 15.1. The van der Waals surface area contributed by atoms with Gasteiger partial charge in [0.25, 0.3) is 0 Å². The zero-order valence-corrected chi connectivity index (χ0v) is 11.0. The van der Waals surface area contributed by atoms with Gasteiger partial charge in [0.1, 0.15) is 0 Å². The molecule has 3 fully saturated rings. The van der Waals surface area contributed by atoms with Crippen LogP contribution in [0.4, 0.5) is 0 Å². The van der Waals surface area contributed by atoms with Crippen LogP contribution in [0.1, 0.15) is 51.0 Å². The van der Waals surface area contributed by atoms with Crippen molar-refractivity contribution >= 4 is 0 Å². The highest BCUT2D eigenvalue weighted by Crippen LogP contribution is 2.45. The lowest BCUT2D eigenvalue weighted by molar-refractivity contribution is 0.285. The Labute approximate surface area is 109 Å². The molecule has 98 valence electrons. The molecule has 0 spiro atoms. The number of fused-ring (bicyclic) bond motifs is 2. The summed E-state index contributed by atoms with van der Waals surface area (Å²) < 4.78 is 2.32. The molecular formula is C15H23N3. The number of hydrogen-bond acceptors (Lipinski definition) is 2. The minimum absolute atomic E-state index is 0.645. The van der Waals surface area contributed by atoms with E-state index in [2.05, 4.69) is 21.1 Å². The monoisotopic (exact) mass is 245 g/mol. The summed E-state index contributed by atoms with van der Waals surface area (Å²) in [6.45, 7) is 0. The standard InChI is InChI=1S/C15H23N3/c1-2-13(15(3-1)18-7-6-16-10-18)17-14-9-11-4-5-12(14)8-11/h6-7,10-15,17H,1-5,8-9H2. The van der Waals surface area contributed by atoms with Crippen LogP contribution < -0.4 is 5.32 Å². The van der Waals surface area contributed by atoms with E-state index in [1.807, 2.05) is 12.5 Å². The van der Waals surface area contributed by atoms with E-state index in [1.165, 1.54) is 44.9 Å². The Morgan fingerprint density at radius 3 is 2.78 bits per heavy atom. The number of nitrogens with one attached hydrogen (secondary N) is 1. The Morgan fingerprint density at radius 1 is 1.06 bits per heavy atom. The van der Waals surface area contributed by atoms with Crippen LogP contribution in [0.5, 0.6) is 0 Å². The summed E-state index contributed by atoms with van der Waals surface area (Å²) in [5.74, 6) is 2.03. The Kier molecular flexibility index (Phi) is 2.68. The minimum Gasteiger partial charge on any atom is -0.333 e. The molecule has 0 aromatic carbocycles. The first-order chi connectivity index (χ1) is 8.90. The molecule has 3 aliphatic rings. The van der Waals surface area contributed by atoms with Crippen LogP contribution >= 0.6 is 0 Å². The van der Waals surface area contributed by atoms with Gasteiger partial charge < -0.3 is 9.88 Å². The topological polar surface area (TPSA) is 29.9 Å². The summed E-state index contributed by atoms with van der Waals surface area (Å²) in [5, 5.41) is 4.00. The van der Waals surface area contributed by atoms with Gasteiger partial charge in [0, 0.05) is 30.5 Å². The van der Waals surface area contributed by atoms with Crippen LogP contribution in [-0.4, -0.2) is 21.6 Å². The second-order valence-corrected chi connectivity index (χ2v) is 6.56. The molecule has 0 saturated heterocycles. The van der Waals surface area contributed by atoms with Crippen molar-refractivity contribution in [1.29, 1.82) is 0 Å². The first-order valence-electron chi connectivity index (χ1n) is 7.63. The largest absolute Gasteiger partial charge is 0.333 e. The maximum Gasteiger partial charge on any atom is 0.0949 e. The summed E-state index contributed by atoms with van der Waals surface area (Å²) in [6, 6.07) is 2.15. The maximum absolute atomic E-state index is 4.21. The summed E-state index contributed by atoms with van der Waals surface area (Å²) in [5.41, 5.74) is 0. The third kappa shape index (κ3) is 1.80. The van der Waals surface area contributed by atoms with E-state index < -0.39 is 0 Å². The zero-order valence-electron chi connectivity index (χ0n) is 11.0. The quantitative estimate of drug-likeness (QED) is 0.887. The lowest BCUT2D eigenvalue weighted by atomic mass is 9.94. The van der Waals surface area contributed by atoms with Gasteiger partial charge in [-0.2, -0.15) is 0 Å². The molecule has 18 heavy (non-hydrogen) atoms. The van der Waals surface area contributed by atoms with Crippen LogP contribution in [-0.2, 0) is 0 Å². The Balaban J connectivity index is 1.44. The van der Waals surface area contributed by atoms with Gasteiger partial charge >= 0.3 is 0 Å². The smallest absolute Gasteiger partial charge is 0.0949 e. The number of hydrogen-bond donors (Lipinski definition) is 1. The van der Waals surface area contributed by atoms with Crippen molar-refractivity contribution in [3.05, 3.63) is 18.7 Å². The molecule has 3 aliphatic carbocycles. The van der Waals surface area contributed by atoms with Crippen molar-refractivity contribution in [1.82, 2.24) is 14.9 Å². The van der Waals surface area contributed by atoms with Crippen LogP contribution in [0.3, 0.4) is 0 Å². The maximum atomic E-state index is 4.21. The average Bonchev–Trinajstić information content (AvgIpc) is 3.14. The van der Waals surface area contributed by atoms with E-state index in [4.69, 9.17) is 0 Å². The third-order valence-corrected chi connectivity index (χ3v) is 5.55. The number of imidazole rings is 1. The van der Waals surface area contributed by atoms with Gasteiger partial charge in [-0.15, -0.1) is 0 Å². The molecule has 3 saturated carbocycles. The zero-order chi connectivity index (χ0) is 11.9. The molecule has 1 heterocycles. The molecule has 3 heteroatoms. The van der Waals surface area contributed by atoms with Gasteiger partial charge in [0.2, 0.25) is 0 Å². The van der Waals surface area contributed by atoms with Crippen molar-refractivity contribution in [2.24, 2.45) is 11.8 Å². The van der Waals surface area contributed by atoms with E-state index in [0.717, 1.165) is 17.9 Å². The van der Waals surface area contributed by atoms with E-state index in [1.54, 1.807) is 0 Å². The predicted octanol–water partition coefficient (Wildman–Crippen LogP) is 2.75. The summed E-state index contributed by atoms with van der Waals surface area (Å²) in [4.78, 5) is 4.21. The van der Waals surface area contributed by atoms with Crippen LogP contribution in [0.2, 0.25) is 0 Å². The molecule has 1 aromatic rings. The molecule has 1 N–H and O–H groups in total. The lowest BCUT2D eigenvalue weighted by Gasteiger charge is -2.30. The van der Waals surface area contributed by atoms with Crippen LogP contribution in [0, 0.1) is 11.8 Å². The first kappa shape index (κ1) is 11.0. The summed E-state index contributed by atoms with van der Waals surface area (Å²) >= 11 is 0. The first-order valence-corrected chi connectivity index (χ1v) is 7.63. The van der Waals surface area contributed by atoms with Crippen molar-refractivity contribution < 1.29 is 0 Å². The predicted molar refractivity (Wildman–Crippen MR) is 71.3 cm³/mol. The molecule has 2 bridgehead atoms. The Bertz CT molecular complexity index is 400. The molecule has 3 nitrogen and oxygen atoms in total. The number of rotatable bonds is 3. The highest BCUT2D eigenvalue weighted by molar-refractivity contribution is 4.99. The van der Waals surface area contributed by atoms with E-state index in [0.29, 0.717) is 12.1 Å². The van der Waals surface area contributed by atoms with Crippen molar-refractivity contribution in [3.8, 4) is 0 Å². The molecule has 0 radical (unpaired) electrons. The number of nitrogens with zero attached hydrogens (tertiary/aromatic N) is 2. The minimum atomic E-state index is 0.645. The molecule has 4 rings (SSSR count). The van der Waals surface area contributed by atoms with Gasteiger partial charge in [0.05, 0.1) is 6.33 Å². The number of aromatic nitrogens is 2. The van der Waals surface area contributed by atoms with Gasteiger partial charge in [0.15, 0.2) is 0 Å².